The molecule has 6 heteroatoms. The van der Waals surface area contributed by atoms with Crippen molar-refractivity contribution in [2.75, 3.05) is 0 Å². The average Bonchev–Trinajstić information content (AvgIpc) is 4.13. The van der Waals surface area contributed by atoms with E-state index in [1.807, 2.05) is 48.5 Å². The predicted molar refractivity (Wildman–Crippen MR) is 327 cm³/mol. The van der Waals surface area contributed by atoms with Gasteiger partial charge in [-0.3, -0.25) is 0 Å². The average molecular weight is 1020 g/mol. The molecule has 374 valence electrons. The van der Waals surface area contributed by atoms with Crippen molar-refractivity contribution < 1.29 is 8.83 Å². The van der Waals surface area contributed by atoms with Crippen LogP contribution in [0.1, 0.15) is 0 Å². The lowest BCUT2D eigenvalue weighted by molar-refractivity contribution is 0.653. The molecule has 80 heavy (non-hydrogen) atoms. The molecule has 0 spiro atoms. The summed E-state index contributed by atoms with van der Waals surface area (Å²) in [4.78, 5) is 20.9. The van der Waals surface area contributed by atoms with Gasteiger partial charge in [0.1, 0.15) is 11.2 Å². The molecule has 0 saturated carbocycles. The summed E-state index contributed by atoms with van der Waals surface area (Å²) in [7, 11) is 0. The third kappa shape index (κ3) is 8.58. The fourth-order valence-electron chi connectivity index (χ4n) is 11.1. The van der Waals surface area contributed by atoms with Gasteiger partial charge in [-0.05, 0) is 115 Å². The first-order valence-electron chi connectivity index (χ1n) is 26.8. The lowest BCUT2D eigenvalue weighted by Crippen LogP contribution is -1.95. The van der Waals surface area contributed by atoms with E-state index in [0.29, 0.717) is 23.1 Å². The highest BCUT2D eigenvalue weighted by atomic mass is 16.3. The van der Waals surface area contributed by atoms with Gasteiger partial charge in [0.25, 0.3) is 0 Å². The molecule has 0 aliphatic rings. The maximum absolute atomic E-state index is 6.54. The molecule has 0 aliphatic carbocycles. The van der Waals surface area contributed by atoms with Gasteiger partial charge >= 0.3 is 0 Å². The van der Waals surface area contributed by atoms with Gasteiger partial charge in [0.05, 0.1) is 22.2 Å². The summed E-state index contributed by atoms with van der Waals surface area (Å²) in [5.41, 5.74) is 21.3. The Labute approximate surface area is 461 Å². The first kappa shape index (κ1) is 46.5. The molecule has 0 N–H and O–H groups in total. The Morgan fingerprint density at radius 3 is 0.938 bits per heavy atom. The van der Waals surface area contributed by atoms with Gasteiger partial charge in [0.15, 0.2) is 11.6 Å². The normalized spacial score (nSPS) is 11.5. The van der Waals surface area contributed by atoms with Gasteiger partial charge in [-0.25, -0.2) is 9.97 Å². The minimum atomic E-state index is 0.549. The van der Waals surface area contributed by atoms with E-state index < -0.39 is 0 Å². The molecule has 0 amide bonds. The number of benzene rings is 11. The smallest absolute Gasteiger partial charge is 0.231 e. The van der Waals surface area contributed by atoms with E-state index in [0.717, 1.165) is 133 Å². The third-order valence-corrected chi connectivity index (χ3v) is 15.2. The van der Waals surface area contributed by atoms with Crippen LogP contribution in [0.4, 0.5) is 0 Å². The number of aromatic nitrogens is 4. The number of hydrogen-bond acceptors (Lipinski definition) is 6. The molecule has 15 aromatic rings. The summed E-state index contributed by atoms with van der Waals surface area (Å²) in [6.45, 7) is 0. The van der Waals surface area contributed by atoms with Crippen LogP contribution >= 0.6 is 0 Å². The molecule has 11 aromatic carbocycles. The SMILES string of the molecule is c1ccc(-c2ccc(-c3nc(-c4cccc(-c5cccc(-c6cccc(-c7cc(-c8ccccc8)cc(-c8nc(-c9ccc(-c%10ccccc%10)cc9)nc9oc%10ccccc%10c89)c7)c6)c5)c4)c4c(n3)oc3ccccc34)cc2)cc1. The molecule has 0 bridgehead atoms. The number of furan rings is 2. The molecule has 0 fully saturated rings. The summed E-state index contributed by atoms with van der Waals surface area (Å²) in [5, 5.41) is 3.72. The Hall–Kier alpha value is -10.8. The molecule has 0 saturated heterocycles. The zero-order valence-electron chi connectivity index (χ0n) is 43.2. The number of rotatable bonds is 10. The summed E-state index contributed by atoms with van der Waals surface area (Å²) in [6, 6.07) is 97.6. The predicted octanol–water partition coefficient (Wildman–Crippen LogP) is 19.7. The van der Waals surface area contributed by atoms with E-state index in [2.05, 4.69) is 231 Å². The molecule has 0 radical (unpaired) electrons. The molecule has 0 atom stereocenters. The van der Waals surface area contributed by atoms with Gasteiger partial charge in [-0.1, -0.05) is 231 Å². The number of fused-ring (bicyclic) bond motifs is 6. The van der Waals surface area contributed by atoms with E-state index in [1.165, 1.54) is 0 Å². The van der Waals surface area contributed by atoms with Crippen LogP contribution in [0.15, 0.2) is 288 Å². The number of hydrogen-bond donors (Lipinski definition) is 0. The second kappa shape index (κ2) is 19.6. The first-order valence-corrected chi connectivity index (χ1v) is 26.8. The summed E-state index contributed by atoms with van der Waals surface area (Å²) in [6.07, 6.45) is 0. The summed E-state index contributed by atoms with van der Waals surface area (Å²) in [5.74, 6) is 1.20. The van der Waals surface area contributed by atoms with Crippen molar-refractivity contribution in [2.24, 2.45) is 0 Å². The zero-order chi connectivity index (χ0) is 52.9. The minimum absolute atomic E-state index is 0.549. The zero-order valence-corrected chi connectivity index (χ0v) is 43.2. The highest BCUT2D eigenvalue weighted by molar-refractivity contribution is 6.12. The van der Waals surface area contributed by atoms with Crippen molar-refractivity contribution in [1.82, 2.24) is 19.9 Å². The third-order valence-electron chi connectivity index (χ3n) is 15.2. The van der Waals surface area contributed by atoms with Crippen molar-refractivity contribution in [1.29, 1.82) is 0 Å². The van der Waals surface area contributed by atoms with E-state index in [9.17, 15) is 0 Å². The molecule has 6 nitrogen and oxygen atoms in total. The summed E-state index contributed by atoms with van der Waals surface area (Å²) < 4.78 is 13.0. The molecule has 0 unspecified atom stereocenters. The van der Waals surface area contributed by atoms with Crippen molar-refractivity contribution in [3.8, 4) is 112 Å². The first-order chi connectivity index (χ1) is 39.6. The number of para-hydroxylation sites is 2. The van der Waals surface area contributed by atoms with E-state index in [1.54, 1.807) is 0 Å². The van der Waals surface area contributed by atoms with Crippen LogP contribution in [0.5, 0.6) is 0 Å². The Balaban J connectivity index is 0.812. The largest absolute Gasteiger partial charge is 0.438 e. The van der Waals surface area contributed by atoms with E-state index >= 15 is 0 Å². The Morgan fingerprint density at radius 2 is 0.487 bits per heavy atom. The quantitative estimate of drug-likeness (QED) is 0.136. The lowest BCUT2D eigenvalue weighted by atomic mass is 9.92. The second-order valence-electron chi connectivity index (χ2n) is 20.1. The lowest BCUT2D eigenvalue weighted by Gasteiger charge is -2.14. The van der Waals surface area contributed by atoms with Crippen LogP contribution in [0.3, 0.4) is 0 Å². The van der Waals surface area contributed by atoms with Crippen molar-refractivity contribution in [3.63, 3.8) is 0 Å². The Kier molecular flexibility index (Phi) is 11.4. The fourth-order valence-corrected chi connectivity index (χ4v) is 11.1. The van der Waals surface area contributed by atoms with Crippen LogP contribution in [0.2, 0.25) is 0 Å². The van der Waals surface area contributed by atoms with Gasteiger partial charge in [0.2, 0.25) is 11.4 Å². The van der Waals surface area contributed by atoms with Gasteiger partial charge in [-0.15, -0.1) is 0 Å². The van der Waals surface area contributed by atoms with Crippen LogP contribution in [0.25, 0.3) is 156 Å². The highest BCUT2D eigenvalue weighted by Gasteiger charge is 2.22. The Morgan fingerprint density at radius 1 is 0.200 bits per heavy atom. The fraction of sp³-hybridized carbons (Fsp3) is 0. The number of nitrogens with zero attached hydrogens (tertiary/aromatic N) is 4. The van der Waals surface area contributed by atoms with Crippen LogP contribution < -0.4 is 0 Å². The summed E-state index contributed by atoms with van der Waals surface area (Å²) >= 11 is 0. The monoisotopic (exact) mass is 1020 g/mol. The molecule has 0 aliphatic heterocycles. The topological polar surface area (TPSA) is 77.8 Å². The van der Waals surface area contributed by atoms with E-state index in [-0.39, 0.29) is 0 Å². The molecular formula is C74H46N4O2. The molecule has 15 rings (SSSR count). The molecule has 4 aromatic heterocycles. The van der Waals surface area contributed by atoms with Crippen LogP contribution in [0, 0.1) is 0 Å². The van der Waals surface area contributed by atoms with Crippen molar-refractivity contribution in [3.05, 3.63) is 279 Å². The van der Waals surface area contributed by atoms with Crippen LogP contribution in [-0.4, -0.2) is 19.9 Å². The van der Waals surface area contributed by atoms with Gasteiger partial charge in [0, 0.05) is 33.0 Å². The maximum Gasteiger partial charge on any atom is 0.231 e. The van der Waals surface area contributed by atoms with Crippen LogP contribution in [-0.2, 0) is 0 Å². The second-order valence-corrected chi connectivity index (χ2v) is 20.1. The Bertz CT molecular complexity index is 4800. The molecule has 4 heterocycles. The van der Waals surface area contributed by atoms with Gasteiger partial charge < -0.3 is 8.83 Å². The van der Waals surface area contributed by atoms with Crippen molar-refractivity contribution >= 4 is 44.1 Å². The highest BCUT2D eigenvalue weighted by Crippen LogP contribution is 2.42. The maximum atomic E-state index is 6.54. The van der Waals surface area contributed by atoms with Crippen molar-refractivity contribution in [2.45, 2.75) is 0 Å². The minimum Gasteiger partial charge on any atom is -0.438 e. The standard InChI is InChI=1S/C74H46N4O2/c1-4-17-47(18-5-1)50-33-37-52(38-34-50)71-75-69(67-63-29-10-12-31-65(63)79-73(67)77-71)59-28-16-26-57(43-59)55-24-14-23-54(41-55)56-25-15-27-58(42-56)61-44-60(49-21-8-3-9-22-49)45-62(46-61)70-68-64-30-11-13-32-66(64)80-74(68)78-72(76-70)53-39-35-51(36-40-53)48-19-6-2-7-20-48/h1-46H. The van der Waals surface area contributed by atoms with Gasteiger partial charge in [-0.2, -0.15) is 9.97 Å². The molecular weight excluding hydrogens is 977 g/mol. The van der Waals surface area contributed by atoms with E-state index in [4.69, 9.17) is 28.8 Å².